The summed E-state index contributed by atoms with van der Waals surface area (Å²) >= 11 is 0. The summed E-state index contributed by atoms with van der Waals surface area (Å²) < 4.78 is 2.95. The smallest absolute Gasteiger partial charge is 0.141 e. The topological polar surface area (TPSA) is 3.24 Å². The molecule has 0 atom stereocenters. The van der Waals surface area contributed by atoms with Crippen LogP contribution in [0.15, 0.2) is 49.6 Å². The van der Waals surface area contributed by atoms with Gasteiger partial charge in [-0.1, -0.05) is 56.5 Å². The lowest BCUT2D eigenvalue weighted by Crippen LogP contribution is -2.57. The number of anilines is 1. The minimum absolute atomic E-state index is 0.623. The van der Waals surface area contributed by atoms with Gasteiger partial charge in [-0.3, -0.25) is 0 Å². The fourth-order valence-electron chi connectivity index (χ4n) is 3.93. The molecule has 0 amide bonds. The van der Waals surface area contributed by atoms with Crippen molar-refractivity contribution in [3.05, 3.63) is 49.6 Å². The summed E-state index contributed by atoms with van der Waals surface area (Å²) in [6, 6.07) is 14.4. The van der Waals surface area contributed by atoms with E-state index in [4.69, 9.17) is 0 Å². The van der Waals surface area contributed by atoms with Crippen molar-refractivity contribution in [3.63, 3.8) is 0 Å². The third kappa shape index (κ3) is 3.39. The number of hydrogen-bond donors (Lipinski definition) is 0. The van der Waals surface area contributed by atoms with E-state index < -0.39 is 25.3 Å². The quantitative estimate of drug-likeness (QED) is 0.519. The van der Waals surface area contributed by atoms with E-state index in [-0.39, 0.29) is 0 Å². The van der Waals surface area contributed by atoms with Crippen LogP contribution in [0.25, 0.3) is 0 Å². The maximum atomic E-state index is 3.99. The van der Waals surface area contributed by atoms with Crippen LogP contribution in [-0.4, -0.2) is 25.3 Å². The fraction of sp³-hybridized carbons (Fsp3) is 0.444. The Kier molecular flexibility index (Phi) is 5.35. The Morgan fingerprint density at radius 1 is 1.00 bits per heavy atom. The van der Waals surface area contributed by atoms with Crippen LogP contribution in [0.2, 0.25) is 50.4 Å². The minimum Gasteiger partial charge on any atom is -0.424 e. The summed E-state index contributed by atoms with van der Waals surface area (Å²) in [5.41, 5.74) is 1.56. The molecule has 1 fully saturated rings. The van der Waals surface area contributed by atoms with E-state index in [1.165, 1.54) is 12.1 Å². The van der Waals surface area contributed by atoms with Crippen LogP contribution in [0, 0.1) is 0 Å². The molecule has 0 bridgehead atoms. The molecule has 0 unspecified atom stereocenters. The monoisotopic (exact) mass is 344 g/mol. The Balaban J connectivity index is 2.51. The first-order valence-corrected chi connectivity index (χ1v) is 16.5. The van der Waals surface area contributed by atoms with Gasteiger partial charge in [0.15, 0.2) is 0 Å². The number of nitrogens with zero attached hydrogens (tertiary/aromatic N) is 1. The average molecular weight is 345 g/mol. The van der Waals surface area contributed by atoms with Gasteiger partial charge >= 0.3 is 0 Å². The Morgan fingerprint density at radius 2 is 1.50 bits per heavy atom. The van der Waals surface area contributed by atoms with Gasteiger partial charge in [-0.05, 0) is 35.4 Å². The van der Waals surface area contributed by atoms with Crippen molar-refractivity contribution in [2.75, 3.05) is 4.23 Å². The Labute approximate surface area is 140 Å². The molecule has 22 heavy (non-hydrogen) atoms. The largest absolute Gasteiger partial charge is 0.424 e. The lowest BCUT2D eigenvalue weighted by molar-refractivity contribution is 1.35. The first-order chi connectivity index (χ1) is 10.3. The van der Waals surface area contributed by atoms with Gasteiger partial charge in [0.1, 0.15) is 16.5 Å². The molecular formula is C18H30NSi3. The van der Waals surface area contributed by atoms with Crippen LogP contribution in [0.4, 0.5) is 5.69 Å². The van der Waals surface area contributed by atoms with Gasteiger partial charge in [-0.25, -0.2) is 0 Å². The molecule has 0 spiro atoms. The standard InChI is InChI=1S/C18H30NSi3/c1-7-13-20(14-8-2)18-12-10-9-11-17(18)19-21(3,4)15-16-22(19,5)6/h7-12H,1-2,13-16H2,3-6H3. The molecule has 1 radical (unpaired) electrons. The van der Waals surface area contributed by atoms with Crippen LogP contribution in [0.1, 0.15) is 0 Å². The average Bonchev–Trinajstić information content (AvgIpc) is 2.67. The second-order valence-corrected chi connectivity index (χ2v) is 19.7. The third-order valence-corrected chi connectivity index (χ3v) is 17.6. The normalized spacial score (nSPS) is 19.4. The Morgan fingerprint density at radius 3 is 2.00 bits per heavy atom. The number of rotatable bonds is 6. The van der Waals surface area contributed by atoms with Gasteiger partial charge in [-0.15, -0.1) is 13.2 Å². The highest BCUT2D eigenvalue weighted by Gasteiger charge is 2.48. The van der Waals surface area contributed by atoms with E-state index in [9.17, 15) is 0 Å². The number of allylic oxidation sites excluding steroid dienone is 2. The molecular weight excluding hydrogens is 314 g/mol. The number of benzene rings is 1. The molecule has 1 saturated heterocycles. The molecule has 1 aliphatic rings. The Hall–Kier alpha value is -0.849. The van der Waals surface area contributed by atoms with Crippen molar-refractivity contribution in [1.29, 1.82) is 0 Å². The number of hydrogen-bond acceptors (Lipinski definition) is 1. The van der Waals surface area contributed by atoms with Gasteiger partial charge in [0.2, 0.25) is 0 Å². The zero-order valence-corrected chi connectivity index (χ0v) is 17.7. The molecule has 1 aromatic carbocycles. The Bertz CT molecular complexity index is 525. The maximum Gasteiger partial charge on any atom is 0.141 e. The van der Waals surface area contributed by atoms with Crippen LogP contribution in [0.3, 0.4) is 0 Å². The molecule has 4 heteroatoms. The number of para-hydroxylation sites is 1. The summed E-state index contributed by atoms with van der Waals surface area (Å²) in [5, 5.41) is 1.61. The molecule has 0 aliphatic carbocycles. The molecule has 0 saturated carbocycles. The van der Waals surface area contributed by atoms with E-state index in [0.717, 1.165) is 12.1 Å². The van der Waals surface area contributed by atoms with Crippen molar-refractivity contribution in [2.24, 2.45) is 0 Å². The third-order valence-electron chi connectivity index (χ3n) is 4.87. The van der Waals surface area contributed by atoms with Crippen LogP contribution in [0.5, 0.6) is 0 Å². The highest BCUT2D eigenvalue weighted by atomic mass is 28.4. The summed E-state index contributed by atoms with van der Waals surface area (Å²) in [5.74, 6) is 0. The molecule has 1 heterocycles. The van der Waals surface area contributed by atoms with Crippen molar-refractivity contribution in [2.45, 2.75) is 50.4 Å². The second-order valence-electron chi connectivity index (χ2n) is 7.57. The van der Waals surface area contributed by atoms with Gasteiger partial charge in [0.25, 0.3) is 0 Å². The second kappa shape index (κ2) is 6.72. The minimum atomic E-state index is -1.31. The molecule has 119 valence electrons. The molecule has 1 aromatic rings. The zero-order chi connectivity index (χ0) is 16.4. The lowest BCUT2D eigenvalue weighted by atomic mass is 10.3. The van der Waals surface area contributed by atoms with Crippen molar-refractivity contribution in [3.8, 4) is 0 Å². The first-order valence-electron chi connectivity index (χ1n) is 8.30. The predicted molar refractivity (Wildman–Crippen MR) is 109 cm³/mol. The SMILES string of the molecule is C=CC[Si](CC=C)c1ccccc1N1[Si](C)(C)CC[Si]1(C)C. The van der Waals surface area contributed by atoms with Gasteiger partial charge < -0.3 is 4.23 Å². The summed E-state index contributed by atoms with van der Waals surface area (Å²) in [7, 11) is -3.24. The van der Waals surface area contributed by atoms with Gasteiger partial charge in [0, 0.05) is 5.69 Å². The van der Waals surface area contributed by atoms with E-state index in [1.807, 2.05) is 0 Å². The van der Waals surface area contributed by atoms with Crippen LogP contribution in [-0.2, 0) is 0 Å². The van der Waals surface area contributed by atoms with E-state index >= 15 is 0 Å². The molecule has 1 aliphatic heterocycles. The summed E-state index contributed by atoms with van der Waals surface area (Å²) in [6.45, 7) is 18.2. The van der Waals surface area contributed by atoms with E-state index in [2.05, 4.69) is 80.0 Å². The highest BCUT2D eigenvalue weighted by Crippen LogP contribution is 2.40. The van der Waals surface area contributed by atoms with Crippen molar-refractivity contribution in [1.82, 2.24) is 0 Å². The zero-order valence-electron chi connectivity index (χ0n) is 14.7. The first kappa shape index (κ1) is 17.5. The predicted octanol–water partition coefficient (Wildman–Crippen LogP) is 4.99. The van der Waals surface area contributed by atoms with Crippen LogP contribution >= 0.6 is 0 Å². The highest BCUT2D eigenvalue weighted by molar-refractivity contribution is 7.05. The van der Waals surface area contributed by atoms with Gasteiger partial charge in [-0.2, -0.15) is 0 Å². The summed E-state index contributed by atoms with van der Waals surface area (Å²) in [4.78, 5) is 0. The molecule has 1 nitrogen and oxygen atoms in total. The van der Waals surface area contributed by atoms with Crippen LogP contribution < -0.4 is 9.42 Å². The molecule has 0 N–H and O–H groups in total. The summed E-state index contributed by atoms with van der Waals surface area (Å²) in [6.07, 6.45) is 4.20. The maximum absolute atomic E-state index is 3.99. The van der Waals surface area contributed by atoms with Crippen molar-refractivity contribution >= 4 is 36.1 Å². The fourth-order valence-corrected chi connectivity index (χ4v) is 20.6. The van der Waals surface area contributed by atoms with Crippen molar-refractivity contribution < 1.29 is 0 Å². The molecule has 2 rings (SSSR count). The van der Waals surface area contributed by atoms with Gasteiger partial charge in [0.05, 0.1) is 8.80 Å². The lowest BCUT2D eigenvalue weighted by Gasteiger charge is -2.43. The van der Waals surface area contributed by atoms with E-state index in [1.54, 1.807) is 10.9 Å². The molecule has 0 aromatic heterocycles. The van der Waals surface area contributed by atoms with E-state index in [0.29, 0.717) is 0 Å².